The summed E-state index contributed by atoms with van der Waals surface area (Å²) in [6, 6.07) is 0. The van der Waals surface area contributed by atoms with Gasteiger partial charge in [-0.3, -0.25) is 0 Å². The van der Waals surface area contributed by atoms with Crippen LogP contribution < -0.4 is 0 Å². The van der Waals surface area contributed by atoms with Gasteiger partial charge in [0.25, 0.3) is 0 Å². The van der Waals surface area contributed by atoms with Crippen molar-refractivity contribution in [2.24, 2.45) is 17.8 Å². The molecule has 0 aromatic carbocycles. The van der Waals surface area contributed by atoms with Crippen molar-refractivity contribution in [3.8, 4) is 0 Å². The molecule has 2 aliphatic carbocycles. The molecule has 2 nitrogen and oxygen atoms in total. The summed E-state index contributed by atoms with van der Waals surface area (Å²) in [5, 5.41) is 0. The van der Waals surface area contributed by atoms with Crippen LogP contribution in [0, 0.1) is 17.8 Å². The van der Waals surface area contributed by atoms with Gasteiger partial charge in [0, 0.05) is 12.5 Å². The van der Waals surface area contributed by atoms with Crippen LogP contribution in [0.5, 0.6) is 0 Å². The maximum atomic E-state index is 10.2. The van der Waals surface area contributed by atoms with E-state index in [0.29, 0.717) is 5.92 Å². The lowest BCUT2D eigenvalue weighted by molar-refractivity contribution is -0.111. The molecule has 2 saturated carbocycles. The van der Waals surface area contributed by atoms with Crippen molar-refractivity contribution in [1.82, 2.24) is 0 Å². The first kappa shape index (κ1) is 23.7. The Labute approximate surface area is 163 Å². The first-order valence-corrected chi connectivity index (χ1v) is 11.5. The zero-order chi connectivity index (χ0) is 19.3. The minimum absolute atomic E-state index is 0.0971. The Balaban J connectivity index is 0.000000350. The van der Waals surface area contributed by atoms with Crippen LogP contribution in [0.15, 0.2) is 0 Å². The lowest BCUT2D eigenvalue weighted by atomic mass is 9.82. The molecule has 0 radical (unpaired) electrons. The van der Waals surface area contributed by atoms with Gasteiger partial charge in [-0.15, -0.1) is 0 Å². The Morgan fingerprint density at radius 3 is 2.00 bits per heavy atom. The van der Waals surface area contributed by atoms with Crippen molar-refractivity contribution in [1.29, 1.82) is 0 Å². The number of aldehydes is 1. The van der Waals surface area contributed by atoms with E-state index >= 15 is 0 Å². The van der Waals surface area contributed by atoms with E-state index in [-0.39, 0.29) is 5.60 Å². The molecule has 2 fully saturated rings. The number of rotatable bonds is 9. The first-order chi connectivity index (χ1) is 12.4. The van der Waals surface area contributed by atoms with Gasteiger partial charge in [0.05, 0.1) is 5.60 Å². The molecule has 0 aromatic heterocycles. The summed E-state index contributed by atoms with van der Waals surface area (Å²) < 4.78 is 6.11. The van der Waals surface area contributed by atoms with E-state index in [2.05, 4.69) is 27.7 Å². The molecule has 0 saturated heterocycles. The third-order valence-electron chi connectivity index (χ3n) is 6.02. The van der Waals surface area contributed by atoms with Crippen LogP contribution in [0.1, 0.15) is 118 Å². The first-order valence-electron chi connectivity index (χ1n) is 11.5. The van der Waals surface area contributed by atoms with E-state index < -0.39 is 0 Å². The number of ether oxygens (including phenoxy) is 1. The summed E-state index contributed by atoms with van der Waals surface area (Å²) in [5.74, 6) is 2.16. The zero-order valence-electron chi connectivity index (χ0n) is 18.2. The Hall–Kier alpha value is -0.370. The van der Waals surface area contributed by atoms with E-state index in [1.807, 2.05) is 0 Å². The maximum absolute atomic E-state index is 10.2. The van der Waals surface area contributed by atoms with Crippen LogP contribution in [-0.2, 0) is 9.53 Å². The predicted molar refractivity (Wildman–Crippen MR) is 113 cm³/mol. The van der Waals surface area contributed by atoms with Crippen LogP contribution in [0.2, 0.25) is 0 Å². The summed E-state index contributed by atoms with van der Waals surface area (Å²) >= 11 is 0. The average Bonchev–Trinajstić information content (AvgIpc) is 2.63. The highest BCUT2D eigenvalue weighted by atomic mass is 16.5. The second-order valence-electron chi connectivity index (χ2n) is 9.74. The molecule has 0 unspecified atom stereocenters. The van der Waals surface area contributed by atoms with E-state index in [1.54, 1.807) is 0 Å². The van der Waals surface area contributed by atoms with Gasteiger partial charge >= 0.3 is 0 Å². The molecule has 0 heterocycles. The zero-order valence-corrected chi connectivity index (χ0v) is 18.2. The summed E-state index contributed by atoms with van der Waals surface area (Å²) in [6.07, 6.45) is 19.6. The Morgan fingerprint density at radius 1 is 0.923 bits per heavy atom. The molecule has 26 heavy (non-hydrogen) atoms. The van der Waals surface area contributed by atoms with E-state index in [4.69, 9.17) is 4.74 Å². The third kappa shape index (κ3) is 12.1. The number of hydrogen-bond donors (Lipinski definition) is 0. The van der Waals surface area contributed by atoms with E-state index in [1.165, 1.54) is 77.0 Å². The number of carbonyl (C=O) groups is 1. The molecule has 0 N–H and O–H groups in total. The van der Waals surface area contributed by atoms with Crippen molar-refractivity contribution in [2.45, 2.75) is 123 Å². The molecule has 0 atom stereocenters. The lowest BCUT2D eigenvalue weighted by Gasteiger charge is -2.32. The standard InChI is InChI=1S/C17H34O.C7H12O/c1-15(2)10-8-9-13-18-17(3,4)14-16-11-6-5-7-12-16;8-6-7-4-2-1-3-5-7/h15-16H,5-14H2,1-4H3;6-7H,1-5H2. The Bertz CT molecular complexity index is 336. The van der Waals surface area contributed by atoms with Gasteiger partial charge in [0.15, 0.2) is 0 Å². The van der Waals surface area contributed by atoms with Gasteiger partial charge in [0.1, 0.15) is 6.29 Å². The fourth-order valence-electron chi connectivity index (χ4n) is 4.42. The Morgan fingerprint density at radius 2 is 1.50 bits per heavy atom. The average molecular weight is 367 g/mol. The van der Waals surface area contributed by atoms with Crippen LogP contribution in [0.25, 0.3) is 0 Å². The molecule has 2 aliphatic rings. The van der Waals surface area contributed by atoms with Crippen molar-refractivity contribution in [3.63, 3.8) is 0 Å². The quantitative estimate of drug-likeness (QED) is 0.315. The van der Waals surface area contributed by atoms with Crippen LogP contribution >= 0.6 is 0 Å². The van der Waals surface area contributed by atoms with Gasteiger partial charge in [-0.05, 0) is 51.4 Å². The number of hydrogen-bond acceptors (Lipinski definition) is 2. The minimum atomic E-state index is 0.0971. The molecular weight excluding hydrogens is 320 g/mol. The van der Waals surface area contributed by atoms with Gasteiger partial charge in [-0.25, -0.2) is 0 Å². The highest BCUT2D eigenvalue weighted by molar-refractivity contribution is 5.53. The molecule has 2 heteroatoms. The van der Waals surface area contributed by atoms with Crippen molar-refractivity contribution in [3.05, 3.63) is 0 Å². The van der Waals surface area contributed by atoms with Crippen molar-refractivity contribution < 1.29 is 9.53 Å². The molecule has 0 aromatic rings. The summed E-state index contributed by atoms with van der Waals surface area (Å²) in [7, 11) is 0. The second kappa shape index (κ2) is 13.7. The summed E-state index contributed by atoms with van der Waals surface area (Å²) in [6.45, 7) is 10.1. The topological polar surface area (TPSA) is 26.3 Å². The van der Waals surface area contributed by atoms with Crippen LogP contribution in [0.3, 0.4) is 0 Å². The van der Waals surface area contributed by atoms with E-state index in [9.17, 15) is 4.79 Å². The van der Waals surface area contributed by atoms with Crippen molar-refractivity contribution in [2.75, 3.05) is 6.61 Å². The normalized spacial score (nSPS) is 19.9. The predicted octanol–water partition coefficient (Wildman–Crippen LogP) is 7.34. The summed E-state index contributed by atoms with van der Waals surface area (Å²) in [4.78, 5) is 10.2. The van der Waals surface area contributed by atoms with Gasteiger partial charge in [-0.2, -0.15) is 0 Å². The number of unbranched alkanes of at least 4 members (excludes halogenated alkanes) is 1. The third-order valence-corrected chi connectivity index (χ3v) is 6.02. The van der Waals surface area contributed by atoms with Crippen LogP contribution in [-0.4, -0.2) is 18.5 Å². The number of carbonyl (C=O) groups excluding carboxylic acids is 1. The largest absolute Gasteiger partial charge is 0.376 e. The second-order valence-corrected chi connectivity index (χ2v) is 9.74. The van der Waals surface area contributed by atoms with Gasteiger partial charge in [-0.1, -0.05) is 78.1 Å². The molecule has 2 rings (SSSR count). The highest BCUT2D eigenvalue weighted by Gasteiger charge is 2.25. The summed E-state index contributed by atoms with van der Waals surface area (Å²) in [5.41, 5.74) is 0.0971. The molecular formula is C24H46O2. The Kier molecular flexibility index (Phi) is 12.5. The minimum Gasteiger partial charge on any atom is -0.376 e. The molecule has 0 amide bonds. The van der Waals surface area contributed by atoms with Crippen molar-refractivity contribution >= 4 is 6.29 Å². The highest BCUT2D eigenvalue weighted by Crippen LogP contribution is 2.32. The van der Waals surface area contributed by atoms with Gasteiger partial charge < -0.3 is 9.53 Å². The fraction of sp³-hybridized carbons (Fsp3) is 0.958. The lowest BCUT2D eigenvalue weighted by Crippen LogP contribution is -2.29. The SMILES string of the molecule is CC(C)CCCCOC(C)(C)CC1CCCCC1.O=CC1CCCCC1. The molecule has 0 spiro atoms. The molecule has 0 aliphatic heterocycles. The van der Waals surface area contributed by atoms with E-state index in [0.717, 1.165) is 37.6 Å². The molecule has 0 bridgehead atoms. The van der Waals surface area contributed by atoms with Gasteiger partial charge in [0.2, 0.25) is 0 Å². The fourth-order valence-corrected chi connectivity index (χ4v) is 4.42. The monoisotopic (exact) mass is 366 g/mol. The maximum Gasteiger partial charge on any atom is 0.123 e. The van der Waals surface area contributed by atoms with Crippen LogP contribution in [0.4, 0.5) is 0 Å². The smallest absolute Gasteiger partial charge is 0.123 e. The molecule has 154 valence electrons.